The Morgan fingerprint density at radius 2 is 1.83 bits per heavy atom. The number of benzene rings is 2. The van der Waals surface area contributed by atoms with Gasteiger partial charge in [-0.1, -0.05) is 41.4 Å². The first-order valence-electron chi connectivity index (χ1n) is 6.65. The number of nitrogens with zero attached hydrogens (tertiary/aromatic N) is 2. The summed E-state index contributed by atoms with van der Waals surface area (Å²) in [6, 6.07) is 14.0. The highest BCUT2D eigenvalue weighted by Crippen LogP contribution is 2.28. The first-order valence-corrected chi connectivity index (χ1v) is 7.41. The molecule has 4 nitrogen and oxygen atoms in total. The summed E-state index contributed by atoms with van der Waals surface area (Å²) in [7, 11) is 0. The average Bonchev–Trinajstić information content (AvgIpc) is 2.55. The van der Waals surface area contributed by atoms with Crippen LogP contribution in [0, 0.1) is 11.3 Å². The van der Waals surface area contributed by atoms with Crippen molar-refractivity contribution in [3.63, 3.8) is 0 Å². The second kappa shape index (κ2) is 6.25. The van der Waals surface area contributed by atoms with Crippen LogP contribution in [0.25, 0.3) is 22.6 Å². The van der Waals surface area contributed by atoms with Crippen LogP contribution in [0.3, 0.4) is 0 Å². The molecule has 0 aliphatic heterocycles. The van der Waals surface area contributed by atoms with Crippen molar-refractivity contribution in [3.05, 3.63) is 74.3 Å². The molecule has 0 unspecified atom stereocenters. The van der Waals surface area contributed by atoms with Crippen LogP contribution in [0.1, 0.15) is 11.4 Å². The maximum atomic E-state index is 12.1. The van der Waals surface area contributed by atoms with Gasteiger partial charge in [0.25, 0.3) is 5.56 Å². The van der Waals surface area contributed by atoms with Crippen LogP contribution in [0.2, 0.25) is 10.0 Å². The average molecular weight is 342 g/mol. The van der Waals surface area contributed by atoms with Gasteiger partial charge >= 0.3 is 0 Å². The maximum absolute atomic E-state index is 12.1. The number of allylic oxidation sites excluding steroid dienone is 1. The van der Waals surface area contributed by atoms with Crippen LogP contribution >= 0.6 is 23.2 Å². The van der Waals surface area contributed by atoms with Gasteiger partial charge in [0.15, 0.2) is 5.82 Å². The molecule has 23 heavy (non-hydrogen) atoms. The highest BCUT2D eigenvalue weighted by atomic mass is 35.5. The molecule has 1 N–H and O–H groups in total. The molecule has 0 saturated heterocycles. The molecule has 0 spiro atoms. The van der Waals surface area contributed by atoms with Crippen molar-refractivity contribution in [1.82, 2.24) is 9.97 Å². The lowest BCUT2D eigenvalue weighted by molar-refractivity contribution is 1.13. The molecule has 1 heterocycles. The number of nitriles is 1. The molecule has 0 radical (unpaired) electrons. The Morgan fingerprint density at radius 1 is 1.13 bits per heavy atom. The Kier molecular flexibility index (Phi) is 4.16. The van der Waals surface area contributed by atoms with Gasteiger partial charge < -0.3 is 4.98 Å². The topological polar surface area (TPSA) is 69.5 Å². The van der Waals surface area contributed by atoms with Gasteiger partial charge in [0.2, 0.25) is 0 Å². The van der Waals surface area contributed by atoms with E-state index in [2.05, 4.69) is 9.97 Å². The van der Waals surface area contributed by atoms with Crippen molar-refractivity contribution >= 4 is 45.8 Å². The predicted octanol–water partition coefficient (Wildman–Crippen LogP) is 4.29. The van der Waals surface area contributed by atoms with Crippen LogP contribution in [0.4, 0.5) is 0 Å². The van der Waals surface area contributed by atoms with Crippen molar-refractivity contribution in [2.24, 2.45) is 0 Å². The van der Waals surface area contributed by atoms with E-state index >= 15 is 0 Å². The normalized spacial score (nSPS) is 11.4. The third-order valence-electron chi connectivity index (χ3n) is 3.28. The van der Waals surface area contributed by atoms with E-state index in [1.807, 2.05) is 6.07 Å². The van der Waals surface area contributed by atoms with E-state index in [-0.39, 0.29) is 17.0 Å². The SMILES string of the molecule is N#C/C(=C/c1c(Cl)cccc1Cl)c1nc2ccccc2c(=O)[nH]1. The second-order valence-electron chi connectivity index (χ2n) is 4.74. The Morgan fingerprint density at radius 3 is 2.52 bits per heavy atom. The molecule has 1 aromatic heterocycles. The van der Waals surface area contributed by atoms with Gasteiger partial charge in [-0.3, -0.25) is 4.79 Å². The standard InChI is InChI=1S/C17H9Cl2N3O/c18-13-5-3-6-14(19)12(13)8-10(9-20)16-21-15-7-2-1-4-11(15)17(23)22-16/h1-8H,(H,21,22,23)/b10-8-. The Bertz CT molecular complexity index is 1010. The van der Waals surface area contributed by atoms with Crippen LogP contribution in [-0.2, 0) is 0 Å². The van der Waals surface area contributed by atoms with Crippen molar-refractivity contribution < 1.29 is 0 Å². The number of rotatable bonds is 2. The predicted molar refractivity (Wildman–Crippen MR) is 92.3 cm³/mol. The van der Waals surface area contributed by atoms with E-state index in [9.17, 15) is 10.1 Å². The van der Waals surface area contributed by atoms with Gasteiger partial charge in [-0.2, -0.15) is 5.26 Å². The number of para-hydroxylation sites is 1. The zero-order valence-corrected chi connectivity index (χ0v) is 13.2. The molecule has 0 bridgehead atoms. The fourth-order valence-electron chi connectivity index (χ4n) is 2.16. The van der Waals surface area contributed by atoms with E-state index in [4.69, 9.17) is 23.2 Å². The Balaban J connectivity index is 2.21. The molecule has 2 aromatic carbocycles. The fraction of sp³-hybridized carbons (Fsp3) is 0. The maximum Gasteiger partial charge on any atom is 0.259 e. The largest absolute Gasteiger partial charge is 0.305 e. The van der Waals surface area contributed by atoms with Crippen LogP contribution in [0.15, 0.2) is 47.3 Å². The molecule has 0 saturated carbocycles. The number of H-pyrrole nitrogens is 1. The van der Waals surface area contributed by atoms with E-state index in [1.54, 1.807) is 42.5 Å². The van der Waals surface area contributed by atoms with E-state index in [0.29, 0.717) is 26.5 Å². The first kappa shape index (κ1) is 15.3. The second-order valence-corrected chi connectivity index (χ2v) is 5.55. The number of aromatic amines is 1. The fourth-order valence-corrected chi connectivity index (χ4v) is 2.67. The van der Waals surface area contributed by atoms with Crippen LogP contribution in [-0.4, -0.2) is 9.97 Å². The van der Waals surface area contributed by atoms with Gasteiger partial charge in [0.05, 0.1) is 16.5 Å². The summed E-state index contributed by atoms with van der Waals surface area (Å²) in [6.07, 6.45) is 1.51. The summed E-state index contributed by atoms with van der Waals surface area (Å²) in [5.41, 5.74) is 0.876. The minimum atomic E-state index is -0.308. The molecule has 112 valence electrons. The van der Waals surface area contributed by atoms with Gasteiger partial charge in [-0.25, -0.2) is 4.98 Å². The summed E-state index contributed by atoms with van der Waals surface area (Å²) in [5.74, 6) is 0.173. The van der Waals surface area contributed by atoms with E-state index in [1.165, 1.54) is 6.08 Å². The third kappa shape index (κ3) is 2.98. The highest BCUT2D eigenvalue weighted by molar-refractivity contribution is 6.37. The number of hydrogen-bond donors (Lipinski definition) is 1. The summed E-state index contributed by atoms with van der Waals surface area (Å²) < 4.78 is 0. The molecule has 0 amide bonds. The minimum absolute atomic E-state index is 0.169. The van der Waals surface area contributed by atoms with Crippen molar-refractivity contribution in [2.45, 2.75) is 0 Å². The zero-order valence-electron chi connectivity index (χ0n) is 11.7. The van der Waals surface area contributed by atoms with Crippen LogP contribution < -0.4 is 5.56 Å². The van der Waals surface area contributed by atoms with Crippen molar-refractivity contribution in [3.8, 4) is 6.07 Å². The number of nitrogens with one attached hydrogen (secondary N) is 1. The van der Waals surface area contributed by atoms with Gasteiger partial charge in [-0.15, -0.1) is 0 Å². The highest BCUT2D eigenvalue weighted by Gasteiger charge is 2.10. The molecule has 3 rings (SSSR count). The molecular formula is C17H9Cl2N3O. The lowest BCUT2D eigenvalue weighted by atomic mass is 10.1. The monoisotopic (exact) mass is 341 g/mol. The van der Waals surface area contributed by atoms with Gasteiger partial charge in [0, 0.05) is 15.6 Å². The number of hydrogen-bond acceptors (Lipinski definition) is 3. The Labute approximate surface area is 141 Å². The van der Waals surface area contributed by atoms with E-state index < -0.39 is 0 Å². The molecular weight excluding hydrogens is 333 g/mol. The van der Waals surface area contributed by atoms with Crippen molar-refractivity contribution in [1.29, 1.82) is 5.26 Å². The molecule has 0 atom stereocenters. The first-order chi connectivity index (χ1) is 11.1. The quantitative estimate of drug-likeness (QED) is 0.706. The lowest BCUT2D eigenvalue weighted by Crippen LogP contribution is -2.11. The lowest BCUT2D eigenvalue weighted by Gasteiger charge is -2.04. The number of aromatic nitrogens is 2. The molecule has 3 aromatic rings. The molecule has 0 fully saturated rings. The summed E-state index contributed by atoms with van der Waals surface area (Å²) >= 11 is 12.2. The smallest absolute Gasteiger partial charge is 0.259 e. The molecule has 6 heteroatoms. The molecule has 0 aliphatic rings. The zero-order chi connectivity index (χ0) is 16.4. The summed E-state index contributed by atoms with van der Waals surface area (Å²) in [6.45, 7) is 0. The summed E-state index contributed by atoms with van der Waals surface area (Å²) in [4.78, 5) is 19.1. The van der Waals surface area contributed by atoms with Gasteiger partial charge in [-0.05, 0) is 30.3 Å². The van der Waals surface area contributed by atoms with Crippen molar-refractivity contribution in [2.75, 3.05) is 0 Å². The van der Waals surface area contributed by atoms with E-state index in [0.717, 1.165) is 0 Å². The number of halogens is 2. The number of fused-ring (bicyclic) bond motifs is 1. The minimum Gasteiger partial charge on any atom is -0.305 e. The van der Waals surface area contributed by atoms with Gasteiger partial charge in [0.1, 0.15) is 6.07 Å². The third-order valence-corrected chi connectivity index (χ3v) is 3.94. The summed E-state index contributed by atoms with van der Waals surface area (Å²) in [5, 5.41) is 10.7. The molecule has 0 aliphatic carbocycles. The van der Waals surface area contributed by atoms with Crippen LogP contribution in [0.5, 0.6) is 0 Å². The Hall–Kier alpha value is -2.61.